The van der Waals surface area contributed by atoms with Crippen LogP contribution in [0.25, 0.3) is 0 Å². The summed E-state index contributed by atoms with van der Waals surface area (Å²) in [5.74, 6) is -0.355. The highest BCUT2D eigenvalue weighted by molar-refractivity contribution is 5.92. The minimum atomic E-state index is -0.611. The van der Waals surface area contributed by atoms with Crippen molar-refractivity contribution in [3.8, 4) is 6.07 Å². The molecule has 1 atom stereocenters. The van der Waals surface area contributed by atoms with Crippen molar-refractivity contribution in [3.63, 3.8) is 0 Å². The molecule has 100 valence electrons. The summed E-state index contributed by atoms with van der Waals surface area (Å²) >= 11 is 0. The number of non-ortho nitro benzene ring substituents is 1. The van der Waals surface area contributed by atoms with Crippen molar-refractivity contribution in [1.29, 1.82) is 5.26 Å². The normalized spacial score (nSPS) is 11.4. The third kappa shape index (κ3) is 4.37. The molecule has 2 N–H and O–H groups in total. The summed E-state index contributed by atoms with van der Waals surface area (Å²) in [6.45, 7) is 1.57. The van der Waals surface area contributed by atoms with Gasteiger partial charge in [0.25, 0.3) is 5.69 Å². The molecule has 0 aliphatic rings. The Morgan fingerprint density at radius 1 is 1.63 bits per heavy atom. The highest BCUT2D eigenvalue weighted by atomic mass is 16.6. The van der Waals surface area contributed by atoms with E-state index in [2.05, 4.69) is 5.32 Å². The molecule has 19 heavy (non-hydrogen) atoms. The number of hydrogen-bond acceptors (Lipinski definition) is 5. The van der Waals surface area contributed by atoms with Gasteiger partial charge in [-0.25, -0.2) is 0 Å². The average molecular weight is 263 g/mol. The van der Waals surface area contributed by atoms with Crippen molar-refractivity contribution in [2.45, 2.75) is 25.9 Å². The van der Waals surface area contributed by atoms with Crippen molar-refractivity contribution < 1.29 is 14.8 Å². The van der Waals surface area contributed by atoms with Gasteiger partial charge in [-0.1, -0.05) is 0 Å². The Balaban J connectivity index is 2.81. The van der Waals surface area contributed by atoms with Gasteiger partial charge in [0.05, 0.1) is 22.3 Å². The molecule has 7 nitrogen and oxygen atoms in total. The lowest BCUT2D eigenvalue weighted by atomic mass is 10.1. The second kappa shape index (κ2) is 6.47. The van der Waals surface area contributed by atoms with E-state index in [-0.39, 0.29) is 29.3 Å². The van der Waals surface area contributed by atoms with Gasteiger partial charge in [0.2, 0.25) is 5.91 Å². The van der Waals surface area contributed by atoms with E-state index in [1.807, 2.05) is 0 Å². The average Bonchev–Trinajstić information content (AvgIpc) is 2.36. The molecule has 1 amide bonds. The number of nitro benzene ring substituents is 1. The molecule has 0 saturated heterocycles. The minimum absolute atomic E-state index is 0.0274. The van der Waals surface area contributed by atoms with Crippen molar-refractivity contribution >= 4 is 17.3 Å². The van der Waals surface area contributed by atoms with Crippen LogP contribution in [0.15, 0.2) is 18.2 Å². The summed E-state index contributed by atoms with van der Waals surface area (Å²) in [4.78, 5) is 21.5. The maximum absolute atomic E-state index is 11.5. The smallest absolute Gasteiger partial charge is 0.270 e. The van der Waals surface area contributed by atoms with E-state index in [1.165, 1.54) is 12.1 Å². The number of rotatable bonds is 5. The third-order valence-electron chi connectivity index (χ3n) is 2.40. The molecule has 0 spiro atoms. The number of nitro groups is 1. The second-order valence-corrected chi connectivity index (χ2v) is 4.03. The van der Waals surface area contributed by atoms with Crippen LogP contribution < -0.4 is 5.32 Å². The Morgan fingerprint density at radius 3 is 2.84 bits per heavy atom. The standard InChI is InChI=1S/C12H13N3O4/c1-8(16)2-5-12(17)14-11-4-3-10(15(18)19)6-9(11)7-13/h3-4,6,8,16H,2,5H2,1H3,(H,14,17). The Kier molecular flexibility index (Phi) is 4.97. The molecule has 0 radical (unpaired) electrons. The van der Waals surface area contributed by atoms with Crippen LogP contribution in [-0.4, -0.2) is 22.0 Å². The first-order chi connectivity index (χ1) is 8.93. The van der Waals surface area contributed by atoms with Crippen LogP contribution in [-0.2, 0) is 4.79 Å². The second-order valence-electron chi connectivity index (χ2n) is 4.03. The molecule has 0 saturated carbocycles. The van der Waals surface area contributed by atoms with Crippen LogP contribution in [0.5, 0.6) is 0 Å². The van der Waals surface area contributed by atoms with E-state index < -0.39 is 11.0 Å². The number of carbonyl (C=O) groups is 1. The lowest BCUT2D eigenvalue weighted by Crippen LogP contribution is -2.14. The number of benzene rings is 1. The molecule has 0 fully saturated rings. The van der Waals surface area contributed by atoms with E-state index in [9.17, 15) is 14.9 Å². The maximum Gasteiger partial charge on any atom is 0.270 e. The van der Waals surface area contributed by atoms with Gasteiger partial charge in [-0.2, -0.15) is 5.26 Å². The third-order valence-corrected chi connectivity index (χ3v) is 2.40. The monoisotopic (exact) mass is 263 g/mol. The van der Waals surface area contributed by atoms with Crippen LogP contribution >= 0.6 is 0 Å². The van der Waals surface area contributed by atoms with E-state index in [0.717, 1.165) is 6.07 Å². The van der Waals surface area contributed by atoms with Gasteiger partial charge in [0, 0.05) is 18.6 Å². The lowest BCUT2D eigenvalue weighted by molar-refractivity contribution is -0.384. The Hall–Kier alpha value is -2.46. The fraction of sp³-hybridized carbons (Fsp3) is 0.333. The maximum atomic E-state index is 11.5. The molecule has 0 aliphatic carbocycles. The van der Waals surface area contributed by atoms with E-state index in [4.69, 9.17) is 10.4 Å². The molecule has 0 heterocycles. The molecule has 0 aliphatic heterocycles. The Labute approximate surface area is 109 Å². The lowest BCUT2D eigenvalue weighted by Gasteiger charge is -2.07. The molecule has 0 bridgehead atoms. The topological polar surface area (TPSA) is 116 Å². The number of nitriles is 1. The van der Waals surface area contributed by atoms with E-state index in [0.29, 0.717) is 6.42 Å². The Morgan fingerprint density at radius 2 is 2.32 bits per heavy atom. The fourth-order valence-corrected chi connectivity index (χ4v) is 1.40. The zero-order chi connectivity index (χ0) is 14.4. The van der Waals surface area contributed by atoms with E-state index >= 15 is 0 Å². The molecule has 1 aromatic carbocycles. The number of nitrogens with zero attached hydrogens (tertiary/aromatic N) is 2. The van der Waals surface area contributed by atoms with Gasteiger partial charge in [0.15, 0.2) is 0 Å². The summed E-state index contributed by atoms with van der Waals surface area (Å²) < 4.78 is 0. The number of carbonyl (C=O) groups excluding carboxylic acids is 1. The number of anilines is 1. The van der Waals surface area contributed by atoms with Gasteiger partial charge in [-0.15, -0.1) is 0 Å². The molecular formula is C12H13N3O4. The SMILES string of the molecule is CC(O)CCC(=O)Nc1ccc([N+](=O)[O-])cc1C#N. The number of hydrogen-bond donors (Lipinski definition) is 2. The summed E-state index contributed by atoms with van der Waals surface area (Å²) in [5.41, 5.74) is 0.0434. The van der Waals surface area contributed by atoms with Gasteiger partial charge in [0.1, 0.15) is 6.07 Å². The Bertz CT molecular complexity index is 534. The largest absolute Gasteiger partial charge is 0.393 e. The van der Waals surface area contributed by atoms with Crippen LogP contribution in [0, 0.1) is 21.4 Å². The van der Waals surface area contributed by atoms with Crippen molar-refractivity contribution in [2.75, 3.05) is 5.32 Å². The molecule has 1 aromatic rings. The van der Waals surface area contributed by atoms with Crippen molar-refractivity contribution in [1.82, 2.24) is 0 Å². The van der Waals surface area contributed by atoms with E-state index in [1.54, 1.807) is 13.0 Å². The molecule has 7 heteroatoms. The predicted molar refractivity (Wildman–Crippen MR) is 67.4 cm³/mol. The van der Waals surface area contributed by atoms with Gasteiger partial charge in [-0.05, 0) is 19.4 Å². The molecular weight excluding hydrogens is 250 g/mol. The minimum Gasteiger partial charge on any atom is -0.393 e. The summed E-state index contributed by atoms with van der Waals surface area (Å²) in [5, 5.41) is 31.0. The number of aliphatic hydroxyl groups excluding tert-OH is 1. The number of amides is 1. The van der Waals surface area contributed by atoms with Gasteiger partial charge < -0.3 is 10.4 Å². The first kappa shape index (κ1) is 14.6. The number of aliphatic hydroxyl groups is 1. The number of nitrogens with one attached hydrogen (secondary N) is 1. The van der Waals surface area contributed by atoms with Gasteiger partial charge in [-0.3, -0.25) is 14.9 Å². The zero-order valence-electron chi connectivity index (χ0n) is 10.3. The van der Waals surface area contributed by atoms with Crippen LogP contribution in [0.2, 0.25) is 0 Å². The van der Waals surface area contributed by atoms with Crippen LogP contribution in [0.4, 0.5) is 11.4 Å². The first-order valence-electron chi connectivity index (χ1n) is 5.60. The molecule has 1 unspecified atom stereocenters. The highest BCUT2D eigenvalue weighted by Crippen LogP contribution is 2.21. The molecule has 0 aromatic heterocycles. The predicted octanol–water partition coefficient (Wildman–Crippen LogP) is 1.57. The van der Waals surface area contributed by atoms with Crippen LogP contribution in [0.1, 0.15) is 25.3 Å². The highest BCUT2D eigenvalue weighted by Gasteiger charge is 2.12. The van der Waals surface area contributed by atoms with Crippen molar-refractivity contribution in [2.24, 2.45) is 0 Å². The zero-order valence-corrected chi connectivity index (χ0v) is 10.3. The van der Waals surface area contributed by atoms with Gasteiger partial charge >= 0.3 is 0 Å². The fourth-order valence-electron chi connectivity index (χ4n) is 1.40. The van der Waals surface area contributed by atoms with Crippen LogP contribution in [0.3, 0.4) is 0 Å². The molecule has 1 rings (SSSR count). The summed E-state index contributed by atoms with van der Waals surface area (Å²) in [7, 11) is 0. The van der Waals surface area contributed by atoms with Crippen molar-refractivity contribution in [3.05, 3.63) is 33.9 Å². The summed E-state index contributed by atoms with van der Waals surface area (Å²) in [6.07, 6.45) is -0.168. The quantitative estimate of drug-likeness (QED) is 0.617. The first-order valence-corrected chi connectivity index (χ1v) is 5.60. The summed E-state index contributed by atoms with van der Waals surface area (Å²) in [6, 6.07) is 5.42.